The van der Waals surface area contributed by atoms with Crippen molar-refractivity contribution in [1.29, 1.82) is 0 Å². The first-order valence-electron chi connectivity index (χ1n) is 6.17. The third-order valence-electron chi connectivity index (χ3n) is 3.44. The van der Waals surface area contributed by atoms with Crippen LogP contribution in [0.3, 0.4) is 0 Å². The van der Waals surface area contributed by atoms with Gasteiger partial charge in [-0.25, -0.2) is 0 Å². The Hall–Kier alpha value is -1.55. The maximum atomic E-state index is 12.3. The summed E-state index contributed by atoms with van der Waals surface area (Å²) < 4.78 is 5.31. The largest absolute Gasteiger partial charge is 0.399 e. The molecule has 2 rings (SSSR count). The molecule has 18 heavy (non-hydrogen) atoms. The van der Waals surface area contributed by atoms with Crippen LogP contribution in [-0.2, 0) is 16.0 Å². The highest BCUT2D eigenvalue weighted by molar-refractivity contribution is 5.96. The minimum Gasteiger partial charge on any atom is -0.399 e. The van der Waals surface area contributed by atoms with Crippen LogP contribution in [0.2, 0.25) is 0 Å². The summed E-state index contributed by atoms with van der Waals surface area (Å²) in [5.41, 5.74) is 8.19. The molecule has 0 atom stereocenters. The molecule has 4 nitrogen and oxygen atoms in total. The molecule has 0 saturated carbocycles. The molecular formula is C14H20N2O2. The SMILES string of the molecule is COC(C)(C)CC(=O)N1CCc2ccc(N)cc21. The summed E-state index contributed by atoms with van der Waals surface area (Å²) in [5.74, 6) is 0.0891. The van der Waals surface area contributed by atoms with Crippen molar-refractivity contribution in [2.75, 3.05) is 24.3 Å². The van der Waals surface area contributed by atoms with Crippen LogP contribution in [0.25, 0.3) is 0 Å². The van der Waals surface area contributed by atoms with Gasteiger partial charge in [-0.3, -0.25) is 4.79 Å². The van der Waals surface area contributed by atoms with Crippen LogP contribution in [0.15, 0.2) is 18.2 Å². The Morgan fingerprint density at radius 3 is 2.89 bits per heavy atom. The van der Waals surface area contributed by atoms with Gasteiger partial charge in [-0.15, -0.1) is 0 Å². The Morgan fingerprint density at radius 2 is 2.22 bits per heavy atom. The number of nitrogen functional groups attached to an aromatic ring is 1. The molecule has 0 spiro atoms. The summed E-state index contributed by atoms with van der Waals surface area (Å²) in [7, 11) is 1.63. The predicted octanol–water partition coefficient (Wildman–Crippen LogP) is 1.97. The maximum absolute atomic E-state index is 12.3. The number of benzene rings is 1. The van der Waals surface area contributed by atoms with Gasteiger partial charge >= 0.3 is 0 Å². The zero-order chi connectivity index (χ0) is 13.3. The lowest BCUT2D eigenvalue weighted by molar-refractivity contribution is -0.123. The van der Waals surface area contributed by atoms with Crippen LogP contribution in [-0.4, -0.2) is 25.2 Å². The fraction of sp³-hybridized carbons (Fsp3) is 0.500. The van der Waals surface area contributed by atoms with Crippen LogP contribution in [0.4, 0.5) is 11.4 Å². The monoisotopic (exact) mass is 248 g/mol. The first-order valence-corrected chi connectivity index (χ1v) is 6.17. The Bertz CT molecular complexity index is 469. The highest BCUT2D eigenvalue weighted by Crippen LogP contribution is 2.31. The zero-order valence-electron chi connectivity index (χ0n) is 11.2. The molecule has 1 amide bonds. The summed E-state index contributed by atoms with van der Waals surface area (Å²) in [6.45, 7) is 4.57. The topological polar surface area (TPSA) is 55.6 Å². The van der Waals surface area contributed by atoms with E-state index in [1.807, 2.05) is 36.9 Å². The van der Waals surface area contributed by atoms with E-state index < -0.39 is 5.60 Å². The molecular weight excluding hydrogens is 228 g/mol. The normalized spacial score (nSPS) is 14.7. The number of fused-ring (bicyclic) bond motifs is 1. The molecule has 1 aromatic rings. The lowest BCUT2D eigenvalue weighted by Gasteiger charge is -2.26. The fourth-order valence-corrected chi connectivity index (χ4v) is 2.19. The van der Waals surface area contributed by atoms with E-state index in [0.29, 0.717) is 12.1 Å². The van der Waals surface area contributed by atoms with E-state index in [1.165, 1.54) is 5.56 Å². The van der Waals surface area contributed by atoms with Gasteiger partial charge in [0, 0.05) is 25.0 Å². The van der Waals surface area contributed by atoms with E-state index in [2.05, 4.69) is 0 Å². The standard InChI is InChI=1S/C14H20N2O2/c1-14(2,18-3)9-13(17)16-7-6-10-4-5-11(15)8-12(10)16/h4-5,8H,6-7,9,15H2,1-3H3. The number of hydrogen-bond acceptors (Lipinski definition) is 3. The van der Waals surface area contributed by atoms with E-state index in [9.17, 15) is 4.79 Å². The molecule has 1 aliphatic heterocycles. The Morgan fingerprint density at radius 1 is 1.50 bits per heavy atom. The van der Waals surface area contributed by atoms with Gasteiger partial charge in [0.05, 0.1) is 12.0 Å². The summed E-state index contributed by atoms with van der Waals surface area (Å²) in [5, 5.41) is 0. The highest BCUT2D eigenvalue weighted by atomic mass is 16.5. The molecule has 0 radical (unpaired) electrons. The Balaban J connectivity index is 2.18. The quantitative estimate of drug-likeness (QED) is 0.832. The number of nitrogens with two attached hydrogens (primary N) is 1. The van der Waals surface area contributed by atoms with E-state index in [4.69, 9.17) is 10.5 Å². The van der Waals surface area contributed by atoms with Gasteiger partial charge in [-0.2, -0.15) is 0 Å². The number of anilines is 2. The highest BCUT2D eigenvalue weighted by Gasteiger charge is 2.29. The zero-order valence-corrected chi connectivity index (χ0v) is 11.2. The van der Waals surface area contributed by atoms with Gasteiger partial charge in [-0.05, 0) is 38.0 Å². The third kappa shape index (κ3) is 2.48. The summed E-state index contributed by atoms with van der Waals surface area (Å²) in [6, 6.07) is 5.76. The fourth-order valence-electron chi connectivity index (χ4n) is 2.19. The number of carbonyl (C=O) groups is 1. The van der Waals surface area contributed by atoms with Gasteiger partial charge < -0.3 is 15.4 Å². The van der Waals surface area contributed by atoms with Gasteiger partial charge in [-0.1, -0.05) is 6.07 Å². The molecule has 1 aromatic carbocycles. The van der Waals surface area contributed by atoms with Crippen LogP contribution >= 0.6 is 0 Å². The summed E-state index contributed by atoms with van der Waals surface area (Å²) >= 11 is 0. The molecule has 0 fully saturated rings. The van der Waals surface area contributed by atoms with E-state index in [1.54, 1.807) is 7.11 Å². The number of carbonyl (C=O) groups excluding carboxylic acids is 1. The number of nitrogens with zero attached hydrogens (tertiary/aromatic N) is 1. The third-order valence-corrected chi connectivity index (χ3v) is 3.44. The van der Waals surface area contributed by atoms with Gasteiger partial charge in [0.1, 0.15) is 0 Å². The molecule has 4 heteroatoms. The second kappa shape index (κ2) is 4.61. The minimum atomic E-state index is -0.430. The van der Waals surface area contributed by atoms with E-state index in [0.717, 1.165) is 18.7 Å². The van der Waals surface area contributed by atoms with Crippen molar-refractivity contribution in [2.45, 2.75) is 32.3 Å². The van der Waals surface area contributed by atoms with E-state index in [-0.39, 0.29) is 5.91 Å². The first kappa shape index (κ1) is 12.9. The van der Waals surface area contributed by atoms with Gasteiger partial charge in [0.25, 0.3) is 0 Å². The molecule has 0 aliphatic carbocycles. The summed E-state index contributed by atoms with van der Waals surface area (Å²) in [4.78, 5) is 14.1. The second-order valence-electron chi connectivity index (χ2n) is 5.32. The Kier molecular flexibility index (Phi) is 3.30. The number of rotatable bonds is 3. The molecule has 0 unspecified atom stereocenters. The van der Waals surface area contributed by atoms with Crippen LogP contribution in [0.5, 0.6) is 0 Å². The average molecular weight is 248 g/mol. The molecule has 0 bridgehead atoms. The number of ether oxygens (including phenoxy) is 1. The van der Waals surface area contributed by atoms with Crippen LogP contribution < -0.4 is 10.6 Å². The number of methoxy groups -OCH3 is 1. The van der Waals surface area contributed by atoms with Crippen LogP contribution in [0.1, 0.15) is 25.8 Å². The van der Waals surface area contributed by atoms with E-state index >= 15 is 0 Å². The van der Waals surface area contributed by atoms with Crippen molar-refractivity contribution >= 4 is 17.3 Å². The molecule has 98 valence electrons. The van der Waals surface area contributed by atoms with Crippen molar-refractivity contribution in [3.05, 3.63) is 23.8 Å². The Labute approximate surface area is 108 Å². The van der Waals surface area contributed by atoms with Crippen molar-refractivity contribution in [3.8, 4) is 0 Å². The second-order valence-corrected chi connectivity index (χ2v) is 5.32. The molecule has 1 heterocycles. The smallest absolute Gasteiger partial charge is 0.229 e. The molecule has 0 aromatic heterocycles. The lowest BCUT2D eigenvalue weighted by atomic mass is 10.0. The molecule has 1 aliphatic rings. The minimum absolute atomic E-state index is 0.0891. The summed E-state index contributed by atoms with van der Waals surface area (Å²) in [6.07, 6.45) is 1.27. The van der Waals surface area contributed by atoms with Gasteiger partial charge in [0.15, 0.2) is 0 Å². The average Bonchev–Trinajstić information content (AvgIpc) is 2.71. The van der Waals surface area contributed by atoms with Crippen LogP contribution in [0, 0.1) is 0 Å². The number of hydrogen-bond donors (Lipinski definition) is 1. The molecule has 0 saturated heterocycles. The maximum Gasteiger partial charge on any atom is 0.229 e. The van der Waals surface area contributed by atoms with Crippen molar-refractivity contribution in [1.82, 2.24) is 0 Å². The molecule has 2 N–H and O–H groups in total. The number of amides is 1. The first-order chi connectivity index (χ1) is 8.43. The van der Waals surface area contributed by atoms with Gasteiger partial charge in [0.2, 0.25) is 5.91 Å². The van der Waals surface area contributed by atoms with Crippen molar-refractivity contribution in [3.63, 3.8) is 0 Å². The predicted molar refractivity (Wildman–Crippen MR) is 72.6 cm³/mol. The van der Waals surface area contributed by atoms with Crippen molar-refractivity contribution in [2.24, 2.45) is 0 Å². The lowest BCUT2D eigenvalue weighted by Crippen LogP contribution is -2.36. The van der Waals surface area contributed by atoms with Crippen molar-refractivity contribution < 1.29 is 9.53 Å².